The largest absolute Gasteiger partial charge is 0.460 e. The summed E-state index contributed by atoms with van der Waals surface area (Å²) in [5.41, 5.74) is -0.414. The van der Waals surface area contributed by atoms with Crippen LogP contribution in [0.2, 0.25) is 0 Å². The maximum atomic E-state index is 12.4. The van der Waals surface area contributed by atoms with Gasteiger partial charge in [0.1, 0.15) is 11.4 Å². The Bertz CT molecular complexity index is 523. The summed E-state index contributed by atoms with van der Waals surface area (Å²) in [7, 11) is 0. The lowest BCUT2D eigenvalue weighted by Crippen LogP contribution is -2.36. The van der Waals surface area contributed by atoms with Crippen LogP contribution in [0.4, 0.5) is 5.13 Å². The van der Waals surface area contributed by atoms with Gasteiger partial charge in [-0.1, -0.05) is 0 Å². The van der Waals surface area contributed by atoms with Crippen LogP contribution in [0.15, 0.2) is 0 Å². The summed E-state index contributed by atoms with van der Waals surface area (Å²) >= 11 is 1.43. The van der Waals surface area contributed by atoms with Gasteiger partial charge in [0.15, 0.2) is 0 Å². The summed E-state index contributed by atoms with van der Waals surface area (Å²) in [6.45, 7) is 7.67. The molecule has 3 atom stereocenters. The molecule has 2 saturated heterocycles. The number of hydrogen-bond donors (Lipinski definition) is 0. The molecule has 0 aliphatic carbocycles. The Hall–Kier alpha value is -1.17. The van der Waals surface area contributed by atoms with Crippen molar-refractivity contribution >= 4 is 22.6 Å². The highest BCUT2D eigenvalue weighted by Crippen LogP contribution is 2.45. The predicted octanol–water partition coefficient (Wildman–Crippen LogP) is 2.55. The van der Waals surface area contributed by atoms with E-state index in [1.54, 1.807) is 0 Å². The lowest BCUT2D eigenvalue weighted by molar-refractivity contribution is -0.160. The number of hydrogen-bond acceptors (Lipinski definition) is 6. The second-order valence-corrected chi connectivity index (χ2v) is 7.44. The van der Waals surface area contributed by atoms with Crippen molar-refractivity contribution in [1.82, 2.24) is 9.36 Å². The van der Waals surface area contributed by atoms with E-state index in [4.69, 9.17) is 4.74 Å². The zero-order valence-corrected chi connectivity index (χ0v) is 13.2. The molecule has 2 aliphatic heterocycles. The number of nitrogens with zero attached hydrogens (tertiary/aromatic N) is 3. The Balaban J connectivity index is 1.77. The second-order valence-electron chi connectivity index (χ2n) is 6.71. The minimum atomic E-state index is -0.414. The van der Waals surface area contributed by atoms with E-state index in [-0.39, 0.29) is 17.9 Å². The summed E-state index contributed by atoms with van der Waals surface area (Å²) in [5.74, 6) is 0.734. The Labute approximate surface area is 123 Å². The first kappa shape index (κ1) is 13.8. The lowest BCUT2D eigenvalue weighted by Gasteiger charge is -2.26. The van der Waals surface area contributed by atoms with Gasteiger partial charge in [0, 0.05) is 23.6 Å². The van der Waals surface area contributed by atoms with Gasteiger partial charge in [-0.25, -0.2) is 4.98 Å². The average Bonchev–Trinajstić information content (AvgIpc) is 2.99. The first-order valence-corrected chi connectivity index (χ1v) is 7.94. The van der Waals surface area contributed by atoms with Crippen LogP contribution in [0, 0.1) is 12.8 Å². The van der Waals surface area contributed by atoms with Gasteiger partial charge < -0.3 is 9.64 Å². The molecule has 0 N–H and O–H groups in total. The molecule has 0 unspecified atom stereocenters. The maximum Gasteiger partial charge on any atom is 0.311 e. The van der Waals surface area contributed by atoms with E-state index >= 15 is 0 Å². The van der Waals surface area contributed by atoms with Crippen LogP contribution in [0.1, 0.15) is 45.9 Å². The second kappa shape index (κ2) is 4.69. The van der Waals surface area contributed by atoms with Crippen molar-refractivity contribution in [3.8, 4) is 0 Å². The van der Waals surface area contributed by atoms with Crippen LogP contribution in [-0.2, 0) is 9.53 Å². The van der Waals surface area contributed by atoms with E-state index in [0.717, 1.165) is 30.2 Å². The quantitative estimate of drug-likeness (QED) is 0.785. The maximum absolute atomic E-state index is 12.4. The van der Waals surface area contributed by atoms with Gasteiger partial charge in [-0.05, 0) is 47.0 Å². The Morgan fingerprint density at radius 2 is 2.15 bits per heavy atom. The van der Waals surface area contributed by atoms with Crippen LogP contribution < -0.4 is 4.90 Å². The van der Waals surface area contributed by atoms with Crippen LogP contribution in [0.3, 0.4) is 0 Å². The van der Waals surface area contributed by atoms with Crippen LogP contribution >= 0.6 is 11.5 Å². The van der Waals surface area contributed by atoms with Gasteiger partial charge in [-0.3, -0.25) is 4.79 Å². The third-order valence-electron chi connectivity index (χ3n) is 3.98. The number of esters is 1. The van der Waals surface area contributed by atoms with Crippen molar-refractivity contribution in [2.24, 2.45) is 5.92 Å². The van der Waals surface area contributed by atoms with E-state index in [1.165, 1.54) is 11.5 Å². The molecule has 2 aliphatic rings. The zero-order chi connectivity index (χ0) is 14.5. The van der Waals surface area contributed by atoms with Gasteiger partial charge in [0.05, 0.1) is 5.92 Å². The molecule has 6 heteroatoms. The Morgan fingerprint density at radius 3 is 2.75 bits per heavy atom. The van der Waals surface area contributed by atoms with Crippen LogP contribution in [0.25, 0.3) is 0 Å². The highest BCUT2D eigenvalue weighted by molar-refractivity contribution is 7.09. The summed E-state index contributed by atoms with van der Waals surface area (Å²) in [6.07, 6.45) is 3.08. The van der Waals surface area contributed by atoms with Crippen LogP contribution in [0.5, 0.6) is 0 Å². The van der Waals surface area contributed by atoms with Gasteiger partial charge >= 0.3 is 5.97 Å². The Kier molecular flexibility index (Phi) is 3.23. The normalized spacial score (nSPS) is 29.0. The third-order valence-corrected chi connectivity index (χ3v) is 4.80. The first-order chi connectivity index (χ1) is 9.35. The fourth-order valence-corrected chi connectivity index (χ4v) is 4.11. The van der Waals surface area contributed by atoms with Gasteiger partial charge in [-0.15, -0.1) is 0 Å². The molecule has 2 fully saturated rings. The van der Waals surface area contributed by atoms with Crippen molar-refractivity contribution < 1.29 is 9.53 Å². The fraction of sp³-hybridized carbons (Fsp3) is 0.786. The molecule has 0 aromatic carbocycles. The number of carbonyl (C=O) groups excluding carboxylic acids is 1. The minimum absolute atomic E-state index is 0.0165. The monoisotopic (exact) mass is 295 g/mol. The van der Waals surface area contributed by atoms with Crippen molar-refractivity contribution in [2.75, 3.05) is 4.90 Å². The molecular formula is C14H21N3O2S. The molecule has 3 rings (SSSR count). The summed E-state index contributed by atoms with van der Waals surface area (Å²) in [6, 6.07) is 0.659. The minimum Gasteiger partial charge on any atom is -0.460 e. The number of aryl methyl sites for hydroxylation is 1. The lowest BCUT2D eigenvalue weighted by atomic mass is 9.89. The summed E-state index contributed by atoms with van der Waals surface area (Å²) < 4.78 is 9.83. The molecule has 110 valence electrons. The predicted molar refractivity (Wildman–Crippen MR) is 77.9 cm³/mol. The van der Waals surface area contributed by atoms with Crippen molar-refractivity contribution in [2.45, 2.75) is 64.6 Å². The molecule has 3 heterocycles. The number of ether oxygens (including phenoxy) is 1. The number of anilines is 1. The van der Waals surface area contributed by atoms with Crippen molar-refractivity contribution in [1.29, 1.82) is 0 Å². The molecule has 0 saturated carbocycles. The third kappa shape index (κ3) is 2.41. The topological polar surface area (TPSA) is 55.3 Å². The van der Waals surface area contributed by atoms with Crippen molar-refractivity contribution in [3.63, 3.8) is 0 Å². The number of fused-ring (bicyclic) bond motifs is 2. The number of aromatic nitrogens is 2. The molecule has 0 radical (unpaired) electrons. The molecule has 5 nitrogen and oxygen atoms in total. The Morgan fingerprint density at radius 1 is 1.40 bits per heavy atom. The molecule has 20 heavy (non-hydrogen) atoms. The summed E-state index contributed by atoms with van der Waals surface area (Å²) in [4.78, 5) is 19.1. The smallest absolute Gasteiger partial charge is 0.311 e. The van der Waals surface area contributed by atoms with Gasteiger partial charge in [-0.2, -0.15) is 4.37 Å². The molecule has 1 aromatic heterocycles. The SMILES string of the molecule is Cc1nsc(N2[C@H]3CC[C@H]2[C@@H](C(=O)OC(C)(C)C)C3)n1. The average molecular weight is 295 g/mol. The van der Waals surface area contributed by atoms with Crippen LogP contribution in [-0.4, -0.2) is 33.0 Å². The number of carbonyl (C=O) groups is 1. The fourth-order valence-electron chi connectivity index (χ4n) is 3.31. The van der Waals surface area contributed by atoms with E-state index in [1.807, 2.05) is 27.7 Å². The molecular weight excluding hydrogens is 274 g/mol. The first-order valence-electron chi connectivity index (χ1n) is 7.16. The van der Waals surface area contributed by atoms with E-state index in [9.17, 15) is 4.79 Å². The number of rotatable bonds is 2. The highest BCUT2D eigenvalue weighted by Gasteiger charge is 2.51. The van der Waals surface area contributed by atoms with Gasteiger partial charge in [0.2, 0.25) is 5.13 Å². The van der Waals surface area contributed by atoms with E-state index in [2.05, 4.69) is 14.3 Å². The summed E-state index contributed by atoms with van der Waals surface area (Å²) in [5, 5.41) is 0.959. The van der Waals surface area contributed by atoms with Gasteiger partial charge in [0.25, 0.3) is 0 Å². The van der Waals surface area contributed by atoms with Crippen molar-refractivity contribution in [3.05, 3.63) is 5.82 Å². The molecule has 0 spiro atoms. The highest BCUT2D eigenvalue weighted by atomic mass is 32.1. The molecule has 2 bridgehead atoms. The standard InChI is InChI=1S/C14H21N3O2S/c1-8-15-13(20-16-8)17-9-5-6-11(17)10(7-9)12(18)19-14(2,3)4/h9-11H,5-7H2,1-4H3/t9-,10-,11-/m0/s1. The molecule has 1 aromatic rings. The molecule has 0 amide bonds. The zero-order valence-electron chi connectivity index (χ0n) is 12.4. The van der Waals surface area contributed by atoms with E-state index in [0.29, 0.717) is 6.04 Å². The van der Waals surface area contributed by atoms with E-state index < -0.39 is 5.60 Å².